The number of nitrogens with one attached hydrogen (secondary N) is 1. The molecule has 100 valence electrons. The van der Waals surface area contributed by atoms with E-state index >= 15 is 0 Å². The van der Waals surface area contributed by atoms with E-state index in [4.69, 9.17) is 52.1 Å². The van der Waals surface area contributed by atoms with Gasteiger partial charge in [0.2, 0.25) is 0 Å². The van der Waals surface area contributed by atoms with E-state index in [0.29, 0.717) is 4.68 Å². The fourth-order valence-corrected chi connectivity index (χ4v) is 2.54. The van der Waals surface area contributed by atoms with E-state index in [0.717, 1.165) is 0 Å². The number of carbonyl (C=O) groups is 1. The lowest BCUT2D eigenvalue weighted by Gasteiger charge is -2.08. The molecule has 0 fully saturated rings. The van der Waals surface area contributed by atoms with Crippen molar-refractivity contribution in [2.45, 2.75) is 0 Å². The van der Waals surface area contributed by atoms with Crippen LogP contribution in [0, 0.1) is 0 Å². The number of benzene rings is 1. The van der Waals surface area contributed by atoms with Gasteiger partial charge in [-0.2, -0.15) is 4.68 Å². The lowest BCUT2D eigenvalue weighted by molar-refractivity contribution is 0.246. The van der Waals surface area contributed by atoms with Gasteiger partial charge in [-0.15, -0.1) is 0 Å². The average molecular weight is 343 g/mol. The summed E-state index contributed by atoms with van der Waals surface area (Å²) in [7, 11) is 0. The molecule has 0 aliphatic heterocycles. The van der Waals surface area contributed by atoms with Crippen molar-refractivity contribution in [2.75, 3.05) is 0 Å². The molecule has 1 heterocycles. The highest BCUT2D eigenvalue weighted by molar-refractivity contribution is 6.55. The zero-order chi connectivity index (χ0) is 14.5. The van der Waals surface area contributed by atoms with E-state index in [9.17, 15) is 14.4 Å². The van der Waals surface area contributed by atoms with E-state index < -0.39 is 17.1 Å². The SMILES string of the molecule is NC(=O)n1[nH]c(=O)c2c(Cl)c(Cl)c(Cl)c(Cl)c2c1=O. The number of nitrogens with two attached hydrogens (primary N) is 1. The average Bonchev–Trinajstić information content (AvgIpc) is 2.35. The molecule has 0 saturated heterocycles. The molecule has 2 rings (SSSR count). The Labute approximate surface area is 124 Å². The first-order chi connectivity index (χ1) is 8.77. The molecule has 3 N–H and O–H groups in total. The lowest BCUT2D eigenvalue weighted by atomic mass is 10.2. The maximum absolute atomic E-state index is 12.0. The summed E-state index contributed by atoms with van der Waals surface area (Å²) in [5.41, 5.74) is 3.15. The second kappa shape index (κ2) is 4.72. The Kier molecular flexibility index (Phi) is 3.53. The van der Waals surface area contributed by atoms with Gasteiger partial charge in [0.25, 0.3) is 11.1 Å². The summed E-state index contributed by atoms with van der Waals surface area (Å²) in [6, 6.07) is -1.18. The van der Waals surface area contributed by atoms with Crippen molar-refractivity contribution >= 4 is 63.2 Å². The third-order valence-electron chi connectivity index (χ3n) is 2.34. The Balaban J connectivity index is 3.24. The number of primary amides is 1. The number of aromatic amines is 1. The molecule has 6 nitrogen and oxygen atoms in total. The summed E-state index contributed by atoms with van der Waals surface area (Å²) in [5, 5.41) is 0.497. The van der Waals surface area contributed by atoms with Gasteiger partial charge in [-0.3, -0.25) is 14.7 Å². The van der Waals surface area contributed by atoms with Crippen LogP contribution in [0.2, 0.25) is 20.1 Å². The molecule has 0 spiro atoms. The van der Waals surface area contributed by atoms with Crippen LogP contribution in [0.4, 0.5) is 4.79 Å². The molecule has 0 unspecified atom stereocenters. The van der Waals surface area contributed by atoms with Crippen molar-refractivity contribution in [1.29, 1.82) is 0 Å². The monoisotopic (exact) mass is 341 g/mol. The number of halogens is 4. The zero-order valence-corrected chi connectivity index (χ0v) is 11.8. The molecule has 0 aliphatic rings. The van der Waals surface area contributed by atoms with Crippen LogP contribution >= 0.6 is 46.4 Å². The van der Waals surface area contributed by atoms with Gasteiger partial charge in [0, 0.05) is 0 Å². The quantitative estimate of drug-likeness (QED) is 0.567. The molecule has 1 aromatic heterocycles. The highest BCUT2D eigenvalue weighted by Crippen LogP contribution is 2.40. The van der Waals surface area contributed by atoms with Crippen LogP contribution in [-0.2, 0) is 0 Å². The molecule has 1 amide bonds. The second-order valence-electron chi connectivity index (χ2n) is 3.43. The fourth-order valence-electron chi connectivity index (χ4n) is 1.52. The normalized spacial score (nSPS) is 10.9. The Morgan fingerprint density at radius 2 is 1.42 bits per heavy atom. The van der Waals surface area contributed by atoms with Crippen molar-refractivity contribution in [3.05, 3.63) is 40.8 Å². The number of carbonyl (C=O) groups excluding carboxylic acids is 1. The number of hydrogen-bond acceptors (Lipinski definition) is 3. The van der Waals surface area contributed by atoms with Crippen molar-refractivity contribution < 1.29 is 4.79 Å². The van der Waals surface area contributed by atoms with Crippen LogP contribution in [0.3, 0.4) is 0 Å². The largest absolute Gasteiger partial charge is 0.350 e. The number of H-pyrrole nitrogens is 1. The van der Waals surface area contributed by atoms with E-state index in [1.165, 1.54) is 0 Å². The predicted molar refractivity (Wildman–Crippen MR) is 73.9 cm³/mol. The maximum Gasteiger partial charge on any atom is 0.341 e. The molecule has 19 heavy (non-hydrogen) atoms. The van der Waals surface area contributed by atoms with Crippen LogP contribution < -0.4 is 16.9 Å². The highest BCUT2D eigenvalue weighted by atomic mass is 35.5. The second-order valence-corrected chi connectivity index (χ2v) is 4.94. The van der Waals surface area contributed by atoms with Gasteiger partial charge in [-0.1, -0.05) is 46.4 Å². The van der Waals surface area contributed by atoms with Gasteiger partial charge in [-0.25, -0.2) is 4.79 Å². The standard InChI is InChI=1S/C9H3Cl4N3O3/c10-3-1-2(4(11)6(13)5(3)12)8(18)16(9(14)19)15-7(1)17/h(H2,14,19)(H,15,17). The Morgan fingerprint density at radius 3 is 1.89 bits per heavy atom. The Hall–Kier alpha value is -1.21. The maximum atomic E-state index is 12.0. The van der Waals surface area contributed by atoms with Crippen LogP contribution in [0.15, 0.2) is 9.59 Å². The van der Waals surface area contributed by atoms with Gasteiger partial charge in [0.1, 0.15) is 0 Å². The van der Waals surface area contributed by atoms with Crippen LogP contribution in [-0.4, -0.2) is 15.8 Å². The number of hydrogen-bond donors (Lipinski definition) is 2. The molecule has 0 bridgehead atoms. The smallest absolute Gasteiger partial charge is 0.341 e. The third kappa shape index (κ3) is 2.01. The lowest BCUT2D eigenvalue weighted by Crippen LogP contribution is -2.38. The van der Waals surface area contributed by atoms with Crippen LogP contribution in [0.1, 0.15) is 0 Å². The summed E-state index contributed by atoms with van der Waals surface area (Å²) in [6.07, 6.45) is 0. The van der Waals surface area contributed by atoms with E-state index in [-0.39, 0.29) is 30.9 Å². The first-order valence-electron chi connectivity index (χ1n) is 4.58. The van der Waals surface area contributed by atoms with Gasteiger partial charge in [-0.05, 0) is 0 Å². The molecule has 0 saturated carbocycles. The molecule has 1 aromatic carbocycles. The van der Waals surface area contributed by atoms with Crippen molar-refractivity contribution in [3.8, 4) is 0 Å². The van der Waals surface area contributed by atoms with Gasteiger partial charge in [0.05, 0.1) is 30.9 Å². The molecule has 0 aliphatic carbocycles. The van der Waals surface area contributed by atoms with Gasteiger partial charge in [0.15, 0.2) is 0 Å². The molecular weight excluding hydrogens is 340 g/mol. The highest BCUT2D eigenvalue weighted by Gasteiger charge is 2.22. The van der Waals surface area contributed by atoms with Gasteiger partial charge >= 0.3 is 6.03 Å². The van der Waals surface area contributed by atoms with E-state index in [2.05, 4.69) is 0 Å². The van der Waals surface area contributed by atoms with E-state index in [1.54, 1.807) is 0 Å². The summed E-state index contributed by atoms with van der Waals surface area (Å²) in [6.45, 7) is 0. The Morgan fingerprint density at radius 1 is 0.947 bits per heavy atom. The summed E-state index contributed by atoms with van der Waals surface area (Å²) in [4.78, 5) is 34.9. The van der Waals surface area contributed by atoms with E-state index in [1.807, 2.05) is 5.10 Å². The third-order valence-corrected chi connectivity index (χ3v) is 4.15. The molecule has 2 aromatic rings. The van der Waals surface area contributed by atoms with Crippen molar-refractivity contribution in [1.82, 2.24) is 9.78 Å². The summed E-state index contributed by atoms with van der Waals surface area (Å²) in [5.74, 6) is 0. The number of aromatic nitrogens is 2. The van der Waals surface area contributed by atoms with Crippen LogP contribution in [0.5, 0.6) is 0 Å². The minimum absolute atomic E-state index is 0.164. The zero-order valence-electron chi connectivity index (χ0n) is 8.76. The molecule has 0 atom stereocenters. The molecule has 10 heteroatoms. The Bertz CT molecular complexity index is 839. The number of nitrogens with zero attached hydrogens (tertiary/aromatic N) is 1. The fraction of sp³-hybridized carbons (Fsp3) is 0. The first kappa shape index (κ1) is 14.2. The minimum atomic E-state index is -1.18. The topological polar surface area (TPSA) is 97.9 Å². The van der Waals surface area contributed by atoms with Crippen molar-refractivity contribution in [3.63, 3.8) is 0 Å². The summed E-state index contributed by atoms with van der Waals surface area (Å²) >= 11 is 23.3. The summed E-state index contributed by atoms with van der Waals surface area (Å²) < 4.78 is 0.303. The van der Waals surface area contributed by atoms with Gasteiger partial charge < -0.3 is 5.73 Å². The first-order valence-corrected chi connectivity index (χ1v) is 6.09. The molecular formula is C9H3Cl4N3O3. The predicted octanol–water partition coefficient (Wildman–Crippen LogP) is 2.23. The number of amides is 1. The molecule has 0 radical (unpaired) electrons. The number of rotatable bonds is 0. The minimum Gasteiger partial charge on any atom is -0.350 e. The van der Waals surface area contributed by atoms with Crippen LogP contribution in [0.25, 0.3) is 10.8 Å². The van der Waals surface area contributed by atoms with Crippen molar-refractivity contribution in [2.24, 2.45) is 5.73 Å². The number of fused-ring (bicyclic) bond motifs is 1.